The second-order valence-electron chi connectivity index (χ2n) is 7.14. The smallest absolute Gasteiger partial charge is 0.264 e. The number of rotatable bonds is 17. The summed E-state index contributed by atoms with van der Waals surface area (Å²) in [5, 5.41) is 5.57. The molecule has 2 rings (SSSR count). The van der Waals surface area contributed by atoms with Gasteiger partial charge in [-0.15, -0.1) is 0 Å². The molecule has 4 N–H and O–H groups in total. The summed E-state index contributed by atoms with van der Waals surface area (Å²) in [5.41, 5.74) is 6.23. The maximum Gasteiger partial charge on any atom is 0.264 e. The second kappa shape index (κ2) is 14.3. The van der Waals surface area contributed by atoms with Crippen molar-refractivity contribution >= 4 is 29.7 Å². The van der Waals surface area contributed by atoms with Gasteiger partial charge in [0.05, 0.1) is 50.8 Å². The molecule has 182 valence electrons. The number of carbonyl (C=O) groups is 4. The Kier molecular flexibility index (Phi) is 11.5. The van der Waals surface area contributed by atoms with Crippen molar-refractivity contribution in [3.05, 3.63) is 29.3 Å². The number of fused-ring (bicyclic) bond motifs is 1. The standard InChI is InChI=1S/C22H32N4O7/c1-24-20(28)18(6-3-9-27)26-21(29)16-4-2-5-17(19(16)22(26)30)25-8-11-32-13-15-33-14-12-31-10-7-23/h2,4-5,9,18,25H,3,6-8,10-15,23H2,1H3,(H,24,28). The number of hydrogen-bond donors (Lipinski definition) is 3. The van der Waals surface area contributed by atoms with E-state index in [1.807, 2.05) is 0 Å². The molecule has 1 unspecified atom stereocenters. The third-order valence-corrected chi connectivity index (χ3v) is 4.93. The summed E-state index contributed by atoms with van der Waals surface area (Å²) in [7, 11) is 1.42. The van der Waals surface area contributed by atoms with Crippen molar-refractivity contribution in [2.45, 2.75) is 18.9 Å². The molecule has 0 fully saturated rings. The summed E-state index contributed by atoms with van der Waals surface area (Å²) < 4.78 is 16.1. The molecule has 11 nitrogen and oxygen atoms in total. The summed E-state index contributed by atoms with van der Waals surface area (Å²) >= 11 is 0. The lowest BCUT2D eigenvalue weighted by Crippen LogP contribution is -2.48. The Labute approximate surface area is 192 Å². The fourth-order valence-electron chi connectivity index (χ4n) is 3.39. The molecule has 11 heteroatoms. The zero-order valence-electron chi connectivity index (χ0n) is 18.8. The second-order valence-corrected chi connectivity index (χ2v) is 7.14. The molecule has 1 atom stereocenters. The first kappa shape index (κ1) is 26.4. The van der Waals surface area contributed by atoms with E-state index in [2.05, 4.69) is 10.6 Å². The van der Waals surface area contributed by atoms with E-state index in [0.29, 0.717) is 64.7 Å². The van der Waals surface area contributed by atoms with E-state index in [4.69, 9.17) is 19.9 Å². The molecule has 0 saturated carbocycles. The first-order chi connectivity index (χ1) is 16.1. The number of likely N-dealkylation sites (N-methyl/N-ethyl adjacent to an activating group) is 1. The van der Waals surface area contributed by atoms with Gasteiger partial charge in [-0.3, -0.25) is 19.3 Å². The van der Waals surface area contributed by atoms with E-state index in [1.54, 1.807) is 18.2 Å². The highest BCUT2D eigenvalue weighted by molar-refractivity contribution is 6.25. The van der Waals surface area contributed by atoms with Crippen LogP contribution >= 0.6 is 0 Å². The third kappa shape index (κ3) is 7.32. The Bertz CT molecular complexity index is 818. The molecule has 1 aromatic rings. The van der Waals surface area contributed by atoms with Crippen LogP contribution in [0.3, 0.4) is 0 Å². The molecule has 3 amide bonds. The number of benzene rings is 1. The van der Waals surface area contributed by atoms with Crippen LogP contribution in [-0.4, -0.2) is 94.7 Å². The summed E-state index contributed by atoms with van der Waals surface area (Å²) in [4.78, 5) is 50.0. The van der Waals surface area contributed by atoms with Crippen LogP contribution in [0, 0.1) is 0 Å². The monoisotopic (exact) mass is 464 g/mol. The number of aldehydes is 1. The van der Waals surface area contributed by atoms with Crippen molar-refractivity contribution in [1.29, 1.82) is 0 Å². The highest BCUT2D eigenvalue weighted by Gasteiger charge is 2.43. The van der Waals surface area contributed by atoms with Crippen LogP contribution in [0.15, 0.2) is 18.2 Å². The maximum absolute atomic E-state index is 13.1. The van der Waals surface area contributed by atoms with Crippen LogP contribution in [0.1, 0.15) is 33.6 Å². The van der Waals surface area contributed by atoms with Crippen LogP contribution in [0.5, 0.6) is 0 Å². The van der Waals surface area contributed by atoms with Gasteiger partial charge in [0.1, 0.15) is 12.3 Å². The van der Waals surface area contributed by atoms with Gasteiger partial charge in [0.2, 0.25) is 5.91 Å². The number of nitrogens with zero attached hydrogens (tertiary/aromatic N) is 1. The van der Waals surface area contributed by atoms with Crippen LogP contribution in [0.25, 0.3) is 0 Å². The van der Waals surface area contributed by atoms with Crippen LogP contribution in [0.2, 0.25) is 0 Å². The van der Waals surface area contributed by atoms with Gasteiger partial charge < -0.3 is 35.4 Å². The van der Waals surface area contributed by atoms with Gasteiger partial charge in [-0.2, -0.15) is 0 Å². The van der Waals surface area contributed by atoms with Crippen molar-refractivity contribution in [3.8, 4) is 0 Å². The van der Waals surface area contributed by atoms with Gasteiger partial charge >= 0.3 is 0 Å². The largest absolute Gasteiger partial charge is 0.382 e. The van der Waals surface area contributed by atoms with Crippen molar-refractivity contribution in [3.63, 3.8) is 0 Å². The Hall–Kier alpha value is -2.86. The van der Waals surface area contributed by atoms with Crippen molar-refractivity contribution < 1.29 is 33.4 Å². The van der Waals surface area contributed by atoms with E-state index in [-0.39, 0.29) is 24.0 Å². The molecule has 0 aromatic heterocycles. The fraction of sp³-hybridized carbons (Fsp3) is 0.545. The maximum atomic E-state index is 13.1. The van der Waals surface area contributed by atoms with E-state index >= 15 is 0 Å². The van der Waals surface area contributed by atoms with Crippen molar-refractivity contribution in [1.82, 2.24) is 10.2 Å². The number of nitrogens with one attached hydrogen (secondary N) is 2. The molecule has 0 saturated heterocycles. The lowest BCUT2D eigenvalue weighted by Gasteiger charge is -2.24. The Balaban J connectivity index is 1.88. The topological polar surface area (TPSA) is 149 Å². The Morgan fingerprint density at radius 1 is 1.06 bits per heavy atom. The van der Waals surface area contributed by atoms with E-state index in [0.717, 1.165) is 4.90 Å². The first-order valence-electron chi connectivity index (χ1n) is 10.9. The lowest BCUT2D eigenvalue weighted by atomic mass is 10.1. The van der Waals surface area contributed by atoms with Gasteiger partial charge in [-0.25, -0.2) is 0 Å². The van der Waals surface area contributed by atoms with Gasteiger partial charge in [0, 0.05) is 32.2 Å². The zero-order chi connectivity index (χ0) is 24.1. The molecule has 33 heavy (non-hydrogen) atoms. The van der Waals surface area contributed by atoms with E-state index < -0.39 is 23.8 Å². The molecule has 1 heterocycles. The molecule has 1 aliphatic rings. The summed E-state index contributed by atoms with van der Waals surface area (Å²) in [6, 6.07) is 3.85. The lowest BCUT2D eigenvalue weighted by molar-refractivity contribution is -0.124. The molecule has 0 spiro atoms. The Morgan fingerprint density at radius 3 is 2.36 bits per heavy atom. The fourth-order valence-corrected chi connectivity index (χ4v) is 3.39. The molecular formula is C22H32N4O7. The predicted molar refractivity (Wildman–Crippen MR) is 120 cm³/mol. The summed E-state index contributed by atoms with van der Waals surface area (Å²) in [5.74, 6) is -1.62. The summed E-state index contributed by atoms with van der Waals surface area (Å²) in [6.07, 6.45) is 0.770. The third-order valence-electron chi connectivity index (χ3n) is 4.93. The van der Waals surface area contributed by atoms with Crippen LogP contribution < -0.4 is 16.4 Å². The molecular weight excluding hydrogens is 432 g/mol. The molecule has 1 aromatic carbocycles. The SMILES string of the molecule is CNC(=O)C(CCC=O)N1C(=O)c2cccc(NCCOCCOCCOCCN)c2C1=O. The number of hydrogen-bond acceptors (Lipinski definition) is 9. The average Bonchev–Trinajstić information content (AvgIpc) is 3.08. The van der Waals surface area contributed by atoms with Gasteiger partial charge in [0.15, 0.2) is 0 Å². The normalized spacial score (nSPS) is 13.7. The minimum Gasteiger partial charge on any atom is -0.382 e. The Morgan fingerprint density at radius 2 is 1.73 bits per heavy atom. The van der Waals surface area contributed by atoms with Crippen molar-refractivity contribution in [2.24, 2.45) is 5.73 Å². The highest BCUT2D eigenvalue weighted by Crippen LogP contribution is 2.31. The van der Waals surface area contributed by atoms with Crippen LogP contribution in [-0.2, 0) is 23.8 Å². The predicted octanol–water partition coefficient (Wildman–Crippen LogP) is -0.203. The molecule has 1 aliphatic heterocycles. The molecule has 0 bridgehead atoms. The number of anilines is 1. The van der Waals surface area contributed by atoms with Crippen molar-refractivity contribution in [2.75, 3.05) is 65.1 Å². The number of ether oxygens (including phenoxy) is 3. The number of nitrogens with two attached hydrogens (primary N) is 1. The quantitative estimate of drug-likeness (QED) is 0.162. The molecule has 0 radical (unpaired) electrons. The average molecular weight is 465 g/mol. The van der Waals surface area contributed by atoms with Crippen LogP contribution in [0.4, 0.5) is 5.69 Å². The first-order valence-corrected chi connectivity index (χ1v) is 10.9. The van der Waals surface area contributed by atoms with E-state index in [1.165, 1.54) is 7.05 Å². The van der Waals surface area contributed by atoms with E-state index in [9.17, 15) is 19.2 Å². The summed E-state index contributed by atoms with van der Waals surface area (Å²) in [6.45, 7) is 3.53. The van der Waals surface area contributed by atoms with Gasteiger partial charge in [0.25, 0.3) is 11.8 Å². The number of amides is 3. The zero-order valence-corrected chi connectivity index (χ0v) is 18.8. The van der Waals surface area contributed by atoms with Gasteiger partial charge in [-0.1, -0.05) is 6.07 Å². The molecule has 0 aliphatic carbocycles. The number of carbonyl (C=O) groups excluding carboxylic acids is 4. The van der Waals surface area contributed by atoms with Gasteiger partial charge in [-0.05, 0) is 18.6 Å². The highest BCUT2D eigenvalue weighted by atomic mass is 16.5. The minimum atomic E-state index is -1.05. The minimum absolute atomic E-state index is 0.0539. The number of imide groups is 1.